The number of thiophene rings is 1. The Kier molecular flexibility index (Phi) is 3.25. The van der Waals surface area contributed by atoms with Crippen molar-refractivity contribution in [1.82, 2.24) is 20.1 Å². The SMILES string of the molecule is Cc1nonc1NC(=O)c1cc2c(C(C)C)nn(C)c2s1. The zero-order valence-corrected chi connectivity index (χ0v) is 13.0. The van der Waals surface area contributed by atoms with Gasteiger partial charge in [-0.15, -0.1) is 11.3 Å². The van der Waals surface area contributed by atoms with Crippen molar-refractivity contribution in [2.24, 2.45) is 7.05 Å². The summed E-state index contributed by atoms with van der Waals surface area (Å²) in [6.07, 6.45) is 0. The number of carbonyl (C=O) groups excluding carboxylic acids is 1. The summed E-state index contributed by atoms with van der Waals surface area (Å²) in [6, 6.07) is 1.88. The van der Waals surface area contributed by atoms with Gasteiger partial charge in [-0.3, -0.25) is 9.48 Å². The Bertz CT molecular complexity index is 814. The van der Waals surface area contributed by atoms with Crippen molar-refractivity contribution in [3.63, 3.8) is 0 Å². The maximum Gasteiger partial charge on any atom is 0.267 e. The number of nitrogens with zero attached hydrogens (tertiary/aromatic N) is 4. The highest BCUT2D eigenvalue weighted by Gasteiger charge is 2.19. The van der Waals surface area contributed by atoms with Crippen LogP contribution in [0, 0.1) is 6.92 Å². The maximum absolute atomic E-state index is 12.3. The van der Waals surface area contributed by atoms with Gasteiger partial charge in [0, 0.05) is 12.4 Å². The number of nitrogens with one attached hydrogen (secondary N) is 1. The number of hydrogen-bond acceptors (Lipinski definition) is 6. The van der Waals surface area contributed by atoms with Crippen LogP contribution >= 0.6 is 11.3 Å². The van der Waals surface area contributed by atoms with Crippen molar-refractivity contribution >= 4 is 33.3 Å². The van der Waals surface area contributed by atoms with Crippen LogP contribution in [0.4, 0.5) is 5.82 Å². The van der Waals surface area contributed by atoms with Gasteiger partial charge in [0.15, 0.2) is 0 Å². The van der Waals surface area contributed by atoms with E-state index in [-0.39, 0.29) is 5.91 Å². The molecule has 110 valence electrons. The average molecular weight is 305 g/mol. The van der Waals surface area contributed by atoms with E-state index < -0.39 is 0 Å². The van der Waals surface area contributed by atoms with E-state index in [0.29, 0.717) is 22.3 Å². The Hall–Kier alpha value is -2.22. The molecule has 0 aromatic carbocycles. The molecule has 1 N–H and O–H groups in total. The lowest BCUT2D eigenvalue weighted by atomic mass is 10.1. The highest BCUT2D eigenvalue weighted by atomic mass is 32.1. The minimum absolute atomic E-state index is 0.218. The average Bonchev–Trinajstić information content (AvgIpc) is 3.08. The van der Waals surface area contributed by atoms with Crippen LogP contribution in [0.5, 0.6) is 0 Å². The molecule has 1 amide bonds. The highest BCUT2D eigenvalue weighted by Crippen LogP contribution is 2.31. The zero-order valence-electron chi connectivity index (χ0n) is 12.2. The van der Waals surface area contributed by atoms with Crippen LogP contribution in [0.1, 0.15) is 40.8 Å². The van der Waals surface area contributed by atoms with Gasteiger partial charge in [0.25, 0.3) is 5.91 Å². The zero-order chi connectivity index (χ0) is 15.1. The summed E-state index contributed by atoms with van der Waals surface area (Å²) < 4.78 is 6.38. The predicted octanol–water partition coefficient (Wildman–Crippen LogP) is 2.70. The van der Waals surface area contributed by atoms with E-state index in [1.54, 1.807) is 6.92 Å². The largest absolute Gasteiger partial charge is 0.301 e. The van der Waals surface area contributed by atoms with E-state index in [2.05, 4.69) is 39.2 Å². The van der Waals surface area contributed by atoms with Crippen molar-refractivity contribution in [1.29, 1.82) is 0 Å². The summed E-state index contributed by atoms with van der Waals surface area (Å²) in [5.41, 5.74) is 1.55. The Morgan fingerprint density at radius 1 is 1.43 bits per heavy atom. The second kappa shape index (κ2) is 4.96. The van der Waals surface area contributed by atoms with Gasteiger partial charge in [-0.25, -0.2) is 4.63 Å². The lowest BCUT2D eigenvalue weighted by Gasteiger charge is -2.00. The van der Waals surface area contributed by atoms with E-state index in [1.165, 1.54) is 11.3 Å². The second-order valence-corrected chi connectivity index (χ2v) is 6.18. The van der Waals surface area contributed by atoms with Crippen LogP contribution in [-0.4, -0.2) is 26.0 Å². The second-order valence-electron chi connectivity index (χ2n) is 5.15. The Balaban J connectivity index is 1.96. The topological polar surface area (TPSA) is 85.8 Å². The molecule has 0 aliphatic carbocycles. The number of hydrogen-bond donors (Lipinski definition) is 1. The van der Waals surface area contributed by atoms with Crippen molar-refractivity contribution < 1.29 is 9.42 Å². The fourth-order valence-electron chi connectivity index (χ4n) is 2.12. The number of fused-ring (bicyclic) bond motifs is 1. The molecule has 0 unspecified atom stereocenters. The minimum Gasteiger partial charge on any atom is -0.301 e. The summed E-state index contributed by atoms with van der Waals surface area (Å²) in [5.74, 6) is 0.436. The van der Waals surface area contributed by atoms with Gasteiger partial charge in [0.1, 0.15) is 10.5 Å². The highest BCUT2D eigenvalue weighted by molar-refractivity contribution is 7.20. The van der Waals surface area contributed by atoms with Crippen LogP contribution in [-0.2, 0) is 7.05 Å². The van der Waals surface area contributed by atoms with Gasteiger partial charge in [-0.2, -0.15) is 5.10 Å². The van der Waals surface area contributed by atoms with Gasteiger partial charge in [-0.1, -0.05) is 19.0 Å². The summed E-state index contributed by atoms with van der Waals surface area (Å²) in [5, 5.41) is 15.5. The fraction of sp³-hybridized carbons (Fsp3) is 0.385. The van der Waals surface area contributed by atoms with Gasteiger partial charge in [-0.05, 0) is 24.1 Å². The van der Waals surface area contributed by atoms with E-state index in [9.17, 15) is 4.79 Å². The molecule has 3 aromatic rings. The first kappa shape index (κ1) is 13.7. The van der Waals surface area contributed by atoms with Crippen molar-refractivity contribution in [2.45, 2.75) is 26.7 Å². The van der Waals surface area contributed by atoms with E-state index in [4.69, 9.17) is 0 Å². The van der Waals surface area contributed by atoms with Gasteiger partial charge in [0.2, 0.25) is 5.82 Å². The van der Waals surface area contributed by atoms with Crippen LogP contribution in [0.15, 0.2) is 10.7 Å². The summed E-state index contributed by atoms with van der Waals surface area (Å²) in [7, 11) is 1.89. The van der Waals surface area contributed by atoms with E-state index >= 15 is 0 Å². The molecule has 3 heterocycles. The van der Waals surface area contributed by atoms with Crippen LogP contribution in [0.25, 0.3) is 10.2 Å². The van der Waals surface area contributed by atoms with Gasteiger partial charge in [0.05, 0.1) is 10.6 Å². The van der Waals surface area contributed by atoms with Crippen molar-refractivity contribution in [3.05, 3.63) is 22.3 Å². The molecule has 0 radical (unpaired) electrons. The third-order valence-corrected chi connectivity index (χ3v) is 4.40. The Morgan fingerprint density at radius 2 is 2.19 bits per heavy atom. The van der Waals surface area contributed by atoms with E-state index in [1.807, 2.05) is 17.8 Å². The molecule has 0 bridgehead atoms. The first-order valence-electron chi connectivity index (χ1n) is 6.54. The third-order valence-electron chi connectivity index (χ3n) is 3.20. The molecule has 0 spiro atoms. The molecule has 0 aliphatic rings. The number of anilines is 1. The Labute approximate surface area is 124 Å². The van der Waals surface area contributed by atoms with Crippen molar-refractivity contribution in [2.75, 3.05) is 5.32 Å². The molecule has 8 heteroatoms. The molecular formula is C13H15N5O2S. The van der Waals surface area contributed by atoms with E-state index in [0.717, 1.165) is 15.9 Å². The number of aromatic nitrogens is 4. The van der Waals surface area contributed by atoms with Gasteiger partial charge < -0.3 is 5.32 Å². The molecule has 0 aliphatic heterocycles. The minimum atomic E-state index is -0.218. The molecule has 0 fully saturated rings. The monoisotopic (exact) mass is 305 g/mol. The first-order valence-corrected chi connectivity index (χ1v) is 7.36. The molecular weight excluding hydrogens is 290 g/mol. The molecule has 7 nitrogen and oxygen atoms in total. The maximum atomic E-state index is 12.3. The lowest BCUT2D eigenvalue weighted by Crippen LogP contribution is -2.11. The van der Waals surface area contributed by atoms with Crippen molar-refractivity contribution in [3.8, 4) is 0 Å². The number of rotatable bonds is 3. The van der Waals surface area contributed by atoms with Crippen LogP contribution < -0.4 is 5.32 Å². The normalized spacial score (nSPS) is 11.5. The predicted molar refractivity (Wildman–Crippen MR) is 79.7 cm³/mol. The number of amides is 1. The molecule has 0 saturated carbocycles. The summed E-state index contributed by atoms with van der Waals surface area (Å²) in [4.78, 5) is 13.9. The summed E-state index contributed by atoms with van der Waals surface area (Å²) >= 11 is 1.41. The van der Waals surface area contributed by atoms with Crippen LogP contribution in [0.3, 0.4) is 0 Å². The van der Waals surface area contributed by atoms with Crippen LogP contribution in [0.2, 0.25) is 0 Å². The summed E-state index contributed by atoms with van der Waals surface area (Å²) in [6.45, 7) is 5.89. The smallest absolute Gasteiger partial charge is 0.267 e. The third kappa shape index (κ3) is 2.31. The van der Waals surface area contributed by atoms with Gasteiger partial charge >= 0.3 is 0 Å². The molecule has 0 saturated heterocycles. The fourth-order valence-corrected chi connectivity index (χ4v) is 3.09. The quantitative estimate of drug-likeness (QED) is 0.804. The molecule has 3 rings (SSSR count). The molecule has 21 heavy (non-hydrogen) atoms. The lowest BCUT2D eigenvalue weighted by molar-refractivity contribution is 0.102. The first-order chi connectivity index (χ1) is 9.97. The molecule has 3 aromatic heterocycles. The molecule has 0 atom stereocenters. The standard InChI is InChI=1S/C13H15N5O2S/c1-6(2)10-8-5-9(21-13(8)18(4)15-10)12(19)14-11-7(3)16-20-17-11/h5-6H,1-4H3,(H,14,17,19). The number of aryl methyl sites for hydroxylation is 2. The number of carbonyl (C=O) groups is 1. The Morgan fingerprint density at radius 3 is 2.81 bits per heavy atom.